The zero-order chi connectivity index (χ0) is 20.5. The number of hydrogen-bond acceptors (Lipinski definition) is 7. The lowest BCUT2D eigenvalue weighted by molar-refractivity contribution is 0.0697. The molecule has 0 fully saturated rings. The SMILES string of the molecule is CN1N=C(c2c(Cl)cccc2Cl)Oc2cnc(Nc3cccc(C(=O)O)c3)nc21. The van der Waals surface area contributed by atoms with Crippen molar-refractivity contribution in [1.29, 1.82) is 0 Å². The van der Waals surface area contributed by atoms with Crippen LogP contribution in [0.3, 0.4) is 0 Å². The summed E-state index contributed by atoms with van der Waals surface area (Å²) < 4.78 is 5.81. The van der Waals surface area contributed by atoms with Gasteiger partial charge in [0.1, 0.15) is 0 Å². The second-order valence-electron chi connectivity index (χ2n) is 6.02. The molecule has 2 N–H and O–H groups in total. The predicted octanol–water partition coefficient (Wildman–Crippen LogP) is 4.42. The molecule has 4 rings (SSSR count). The van der Waals surface area contributed by atoms with Crippen molar-refractivity contribution in [2.75, 3.05) is 17.4 Å². The zero-order valence-corrected chi connectivity index (χ0v) is 16.4. The summed E-state index contributed by atoms with van der Waals surface area (Å²) in [6, 6.07) is 11.4. The highest BCUT2D eigenvalue weighted by Gasteiger charge is 2.25. The molecule has 0 amide bonds. The van der Waals surface area contributed by atoms with Crippen molar-refractivity contribution in [1.82, 2.24) is 9.97 Å². The Bertz CT molecular complexity index is 1130. The summed E-state index contributed by atoms with van der Waals surface area (Å²) in [4.78, 5) is 19.7. The zero-order valence-electron chi connectivity index (χ0n) is 14.9. The Kier molecular flexibility index (Phi) is 4.96. The first-order valence-electron chi connectivity index (χ1n) is 8.34. The van der Waals surface area contributed by atoms with Crippen LogP contribution in [0.15, 0.2) is 53.8 Å². The van der Waals surface area contributed by atoms with Gasteiger partial charge in [-0.2, -0.15) is 4.98 Å². The Morgan fingerprint density at radius 2 is 1.90 bits per heavy atom. The molecule has 2 heterocycles. The molecule has 3 aromatic rings. The van der Waals surface area contributed by atoms with E-state index in [1.807, 2.05) is 0 Å². The van der Waals surface area contributed by atoms with Crippen LogP contribution >= 0.6 is 23.2 Å². The van der Waals surface area contributed by atoms with E-state index in [0.29, 0.717) is 32.9 Å². The van der Waals surface area contributed by atoms with Crippen LogP contribution in [-0.4, -0.2) is 34.0 Å². The Hall–Kier alpha value is -3.36. The van der Waals surface area contributed by atoms with Crippen molar-refractivity contribution >= 4 is 52.5 Å². The van der Waals surface area contributed by atoms with E-state index in [1.54, 1.807) is 37.4 Å². The first-order valence-corrected chi connectivity index (χ1v) is 9.10. The van der Waals surface area contributed by atoms with Crippen LogP contribution in [0.1, 0.15) is 15.9 Å². The minimum atomic E-state index is -1.02. The number of nitrogens with zero attached hydrogens (tertiary/aromatic N) is 4. The Labute approximate surface area is 175 Å². The summed E-state index contributed by atoms with van der Waals surface area (Å²) >= 11 is 12.5. The number of rotatable bonds is 4. The Morgan fingerprint density at radius 1 is 1.17 bits per heavy atom. The Morgan fingerprint density at radius 3 is 2.62 bits per heavy atom. The standard InChI is InChI=1S/C19H13Cl2N5O3/c1-26-16-14(29-17(25-26)15-12(20)6-3-7-13(15)21)9-22-19(24-16)23-11-5-2-4-10(8-11)18(27)28/h2-9H,1H3,(H,27,28)(H,22,23,24). The van der Waals surface area contributed by atoms with E-state index in [4.69, 9.17) is 33.0 Å². The van der Waals surface area contributed by atoms with Gasteiger partial charge in [0.2, 0.25) is 11.8 Å². The molecule has 8 nitrogen and oxygen atoms in total. The summed E-state index contributed by atoms with van der Waals surface area (Å²) in [5.74, 6) is 0.264. The normalized spacial score (nSPS) is 12.7. The minimum absolute atomic E-state index is 0.152. The fourth-order valence-electron chi connectivity index (χ4n) is 2.70. The molecule has 1 aromatic heterocycles. The van der Waals surface area contributed by atoms with Gasteiger partial charge in [0.05, 0.1) is 27.4 Å². The third-order valence-corrected chi connectivity index (χ3v) is 4.66. The van der Waals surface area contributed by atoms with Gasteiger partial charge in [0.15, 0.2) is 11.6 Å². The molecular formula is C19H13Cl2N5O3. The van der Waals surface area contributed by atoms with Gasteiger partial charge in [-0.25, -0.2) is 14.8 Å². The maximum Gasteiger partial charge on any atom is 0.335 e. The number of aromatic carboxylic acids is 1. The molecule has 1 aliphatic rings. The first kappa shape index (κ1) is 19.0. The van der Waals surface area contributed by atoms with Gasteiger partial charge < -0.3 is 15.2 Å². The number of nitrogens with one attached hydrogen (secondary N) is 1. The molecule has 0 unspecified atom stereocenters. The molecule has 0 aliphatic carbocycles. The molecule has 146 valence electrons. The number of halogens is 2. The monoisotopic (exact) mass is 429 g/mol. The number of fused-ring (bicyclic) bond motifs is 1. The highest BCUT2D eigenvalue weighted by molar-refractivity contribution is 6.39. The summed E-state index contributed by atoms with van der Waals surface area (Å²) in [7, 11) is 1.70. The number of ether oxygens (including phenoxy) is 1. The van der Waals surface area contributed by atoms with Gasteiger partial charge in [-0.1, -0.05) is 35.3 Å². The molecule has 29 heavy (non-hydrogen) atoms. The number of carboxylic acid groups (broad SMARTS) is 1. The molecule has 1 aliphatic heterocycles. The van der Waals surface area contributed by atoms with E-state index in [0.717, 1.165) is 0 Å². The fraction of sp³-hybridized carbons (Fsp3) is 0.0526. The first-order chi connectivity index (χ1) is 13.9. The highest BCUT2D eigenvalue weighted by atomic mass is 35.5. The summed E-state index contributed by atoms with van der Waals surface area (Å²) in [6.07, 6.45) is 1.49. The lowest BCUT2D eigenvalue weighted by Gasteiger charge is -2.24. The van der Waals surface area contributed by atoms with Crippen LogP contribution in [0.4, 0.5) is 17.5 Å². The molecular weight excluding hydrogens is 417 g/mol. The van der Waals surface area contributed by atoms with Crippen LogP contribution in [0.5, 0.6) is 5.75 Å². The van der Waals surface area contributed by atoms with Crippen molar-refractivity contribution in [3.8, 4) is 5.75 Å². The van der Waals surface area contributed by atoms with Gasteiger partial charge in [-0.3, -0.25) is 0 Å². The maximum absolute atomic E-state index is 11.1. The lowest BCUT2D eigenvalue weighted by Crippen LogP contribution is -2.26. The van der Waals surface area contributed by atoms with E-state index in [9.17, 15) is 4.79 Å². The van der Waals surface area contributed by atoms with Crippen molar-refractivity contribution in [2.24, 2.45) is 5.10 Å². The number of aromatic nitrogens is 2. The Balaban J connectivity index is 1.63. The fourth-order valence-corrected chi connectivity index (χ4v) is 3.26. The highest BCUT2D eigenvalue weighted by Crippen LogP contribution is 2.34. The van der Waals surface area contributed by atoms with Crippen LogP contribution in [-0.2, 0) is 0 Å². The predicted molar refractivity (Wildman–Crippen MR) is 111 cm³/mol. The average molecular weight is 430 g/mol. The molecule has 0 bridgehead atoms. The number of benzene rings is 2. The summed E-state index contributed by atoms with van der Waals surface area (Å²) in [5.41, 5.74) is 1.16. The largest absolute Gasteiger partial charge is 0.478 e. The van der Waals surface area contributed by atoms with Crippen molar-refractivity contribution in [3.05, 3.63) is 69.8 Å². The second-order valence-corrected chi connectivity index (χ2v) is 6.83. The van der Waals surface area contributed by atoms with Gasteiger partial charge in [-0.15, -0.1) is 5.10 Å². The van der Waals surface area contributed by atoms with Crippen LogP contribution in [0.25, 0.3) is 0 Å². The topological polar surface area (TPSA) is 99.9 Å². The van der Waals surface area contributed by atoms with Crippen LogP contribution < -0.4 is 15.1 Å². The maximum atomic E-state index is 11.1. The van der Waals surface area contributed by atoms with Crippen molar-refractivity contribution in [3.63, 3.8) is 0 Å². The van der Waals surface area contributed by atoms with Crippen LogP contribution in [0, 0.1) is 0 Å². The minimum Gasteiger partial charge on any atom is -0.478 e. The van der Waals surface area contributed by atoms with Crippen molar-refractivity contribution < 1.29 is 14.6 Å². The van der Waals surface area contributed by atoms with Crippen LogP contribution in [0.2, 0.25) is 10.0 Å². The van der Waals surface area contributed by atoms with E-state index >= 15 is 0 Å². The molecule has 10 heteroatoms. The number of carboxylic acids is 1. The van der Waals surface area contributed by atoms with Gasteiger partial charge in [0, 0.05) is 12.7 Å². The van der Waals surface area contributed by atoms with Gasteiger partial charge in [0.25, 0.3) is 0 Å². The van der Waals surface area contributed by atoms with E-state index in [2.05, 4.69) is 20.4 Å². The molecule has 0 atom stereocenters. The summed E-state index contributed by atoms with van der Waals surface area (Å²) in [6.45, 7) is 0. The van der Waals surface area contributed by atoms with E-state index in [1.165, 1.54) is 23.3 Å². The van der Waals surface area contributed by atoms with Gasteiger partial charge in [-0.05, 0) is 30.3 Å². The molecule has 0 saturated carbocycles. The second kappa shape index (κ2) is 7.57. The number of anilines is 3. The number of hydrazone groups is 1. The van der Waals surface area contributed by atoms with Gasteiger partial charge >= 0.3 is 5.97 Å². The molecule has 0 radical (unpaired) electrons. The summed E-state index contributed by atoms with van der Waals surface area (Å²) in [5, 5.41) is 18.8. The molecule has 2 aromatic carbocycles. The third kappa shape index (κ3) is 3.80. The van der Waals surface area contributed by atoms with E-state index in [-0.39, 0.29) is 17.4 Å². The van der Waals surface area contributed by atoms with Crippen molar-refractivity contribution in [2.45, 2.75) is 0 Å². The molecule has 0 saturated heterocycles. The lowest BCUT2D eigenvalue weighted by atomic mass is 10.2. The number of hydrogen-bond donors (Lipinski definition) is 2. The number of carbonyl (C=O) groups is 1. The smallest absolute Gasteiger partial charge is 0.335 e. The quantitative estimate of drug-likeness (QED) is 0.632. The third-order valence-electron chi connectivity index (χ3n) is 4.03. The molecule has 0 spiro atoms. The van der Waals surface area contributed by atoms with E-state index < -0.39 is 5.97 Å². The average Bonchev–Trinajstić information content (AvgIpc) is 2.68.